The van der Waals surface area contributed by atoms with Crippen LogP contribution in [-0.4, -0.2) is 27.2 Å². The number of nitrogens with zero attached hydrogens (tertiary/aromatic N) is 4. The van der Waals surface area contributed by atoms with Crippen molar-refractivity contribution in [3.63, 3.8) is 0 Å². The summed E-state index contributed by atoms with van der Waals surface area (Å²) in [6, 6.07) is 16.8. The molecule has 5 heteroatoms. The molecule has 3 heterocycles. The van der Waals surface area contributed by atoms with Crippen molar-refractivity contribution in [1.82, 2.24) is 14.8 Å². The lowest BCUT2D eigenvalue weighted by molar-refractivity contribution is -0.119. The first kappa shape index (κ1) is 19.5. The number of hydrogen-bond acceptors (Lipinski definition) is 3. The van der Waals surface area contributed by atoms with E-state index < -0.39 is 0 Å². The molecule has 4 aromatic rings. The van der Waals surface area contributed by atoms with E-state index in [4.69, 9.17) is 5.10 Å². The number of rotatable bonds is 3. The summed E-state index contributed by atoms with van der Waals surface area (Å²) in [4.78, 5) is 19.8. The fourth-order valence-electron chi connectivity index (χ4n) is 4.56. The molecule has 2 aromatic carbocycles. The number of carbonyl (C=O) groups is 1. The van der Waals surface area contributed by atoms with Crippen molar-refractivity contribution in [3.05, 3.63) is 77.1 Å². The second-order valence-corrected chi connectivity index (χ2v) is 8.45. The molecule has 5 rings (SSSR count). The molecule has 0 saturated carbocycles. The van der Waals surface area contributed by atoms with Gasteiger partial charge in [0.2, 0.25) is 5.91 Å². The van der Waals surface area contributed by atoms with Crippen LogP contribution in [0.15, 0.2) is 54.7 Å². The smallest absolute Gasteiger partial charge is 0.248 e. The van der Waals surface area contributed by atoms with E-state index in [1.54, 1.807) is 10.9 Å². The largest absolute Gasteiger partial charge is 0.311 e. The number of benzene rings is 2. The van der Waals surface area contributed by atoms with Crippen molar-refractivity contribution < 1.29 is 4.79 Å². The second-order valence-electron chi connectivity index (χ2n) is 8.45. The third-order valence-corrected chi connectivity index (χ3v) is 6.11. The summed E-state index contributed by atoms with van der Waals surface area (Å²) in [6.07, 6.45) is 3.81. The summed E-state index contributed by atoms with van der Waals surface area (Å²) in [5, 5.41) is 5.71. The van der Waals surface area contributed by atoms with Crippen LogP contribution in [0.4, 0.5) is 5.69 Å². The van der Waals surface area contributed by atoms with Crippen LogP contribution in [0.3, 0.4) is 0 Å². The molecule has 0 aliphatic carbocycles. The average Bonchev–Trinajstić information content (AvgIpc) is 3.09. The van der Waals surface area contributed by atoms with Crippen LogP contribution in [-0.2, 0) is 17.8 Å². The van der Waals surface area contributed by atoms with E-state index in [0.29, 0.717) is 0 Å². The average molecular weight is 411 g/mol. The number of fused-ring (bicyclic) bond motifs is 2. The summed E-state index contributed by atoms with van der Waals surface area (Å²) in [6.45, 7) is 7.09. The van der Waals surface area contributed by atoms with E-state index in [1.165, 1.54) is 16.7 Å². The van der Waals surface area contributed by atoms with Gasteiger partial charge in [0, 0.05) is 23.8 Å². The fraction of sp³-hybridized carbons (Fsp3) is 0.269. The van der Waals surface area contributed by atoms with Gasteiger partial charge < -0.3 is 4.90 Å². The Kier molecular flexibility index (Phi) is 4.81. The van der Waals surface area contributed by atoms with Crippen LogP contribution in [0.5, 0.6) is 0 Å². The zero-order chi connectivity index (χ0) is 21.5. The number of aromatic nitrogens is 3. The summed E-state index contributed by atoms with van der Waals surface area (Å²) in [5.74, 6) is 0.0525. The molecule has 1 amide bonds. The number of pyridine rings is 1. The summed E-state index contributed by atoms with van der Waals surface area (Å²) in [7, 11) is 0. The number of carbonyl (C=O) groups excluding carboxylic acids is 1. The van der Waals surface area contributed by atoms with Gasteiger partial charge in [0.15, 0.2) is 5.65 Å². The van der Waals surface area contributed by atoms with Crippen LogP contribution in [0.1, 0.15) is 28.8 Å². The third-order valence-electron chi connectivity index (χ3n) is 6.11. The van der Waals surface area contributed by atoms with E-state index in [2.05, 4.69) is 61.3 Å². The predicted molar refractivity (Wildman–Crippen MR) is 124 cm³/mol. The first-order chi connectivity index (χ1) is 15.0. The second kappa shape index (κ2) is 7.65. The minimum Gasteiger partial charge on any atom is -0.311 e. The van der Waals surface area contributed by atoms with Gasteiger partial charge in [-0.05, 0) is 62.4 Å². The minimum atomic E-state index is 0.0525. The molecular weight excluding hydrogens is 384 g/mol. The zero-order valence-corrected chi connectivity index (χ0v) is 18.2. The quantitative estimate of drug-likeness (QED) is 0.477. The lowest BCUT2D eigenvalue weighted by atomic mass is 9.99. The van der Waals surface area contributed by atoms with E-state index >= 15 is 0 Å². The van der Waals surface area contributed by atoms with Gasteiger partial charge in [-0.25, -0.2) is 9.67 Å². The summed E-state index contributed by atoms with van der Waals surface area (Å²) < 4.78 is 1.76. The Balaban J connectivity index is 1.50. The molecular formula is C26H26N4O. The van der Waals surface area contributed by atoms with Gasteiger partial charge in [-0.3, -0.25) is 4.79 Å². The van der Waals surface area contributed by atoms with Crippen LogP contribution < -0.4 is 4.90 Å². The zero-order valence-electron chi connectivity index (χ0n) is 18.2. The topological polar surface area (TPSA) is 51.0 Å². The van der Waals surface area contributed by atoms with Crippen molar-refractivity contribution in [2.24, 2.45) is 0 Å². The van der Waals surface area contributed by atoms with Crippen LogP contribution in [0.25, 0.3) is 22.2 Å². The standard InChI is InChI=1S/C26H26N4O/c1-17-6-9-20(10-7-17)22-12-13-27-26-25(22)19(3)28-30(26)16-24(31)29-14-4-5-21-15-18(2)8-11-23(21)29/h6-13,15H,4-5,14,16H2,1-3H3. The molecule has 0 spiro atoms. The number of aryl methyl sites for hydroxylation is 4. The Morgan fingerprint density at radius 2 is 1.77 bits per heavy atom. The van der Waals surface area contributed by atoms with Gasteiger partial charge in [-0.1, -0.05) is 47.5 Å². The Bertz CT molecular complexity index is 1290. The molecule has 0 bridgehead atoms. The van der Waals surface area contributed by atoms with Gasteiger partial charge in [-0.15, -0.1) is 0 Å². The highest BCUT2D eigenvalue weighted by molar-refractivity contribution is 5.97. The van der Waals surface area contributed by atoms with E-state index in [-0.39, 0.29) is 12.5 Å². The Hall–Kier alpha value is -3.47. The number of hydrogen-bond donors (Lipinski definition) is 0. The maximum absolute atomic E-state index is 13.3. The Morgan fingerprint density at radius 3 is 2.58 bits per heavy atom. The summed E-state index contributed by atoms with van der Waals surface area (Å²) in [5.41, 5.74) is 8.61. The van der Waals surface area contributed by atoms with Gasteiger partial charge in [-0.2, -0.15) is 5.10 Å². The molecule has 0 N–H and O–H groups in total. The lowest BCUT2D eigenvalue weighted by Crippen LogP contribution is -2.38. The van der Waals surface area contributed by atoms with Crippen molar-refractivity contribution in [2.45, 2.75) is 40.2 Å². The molecule has 0 saturated heterocycles. The molecule has 0 radical (unpaired) electrons. The molecule has 0 atom stereocenters. The first-order valence-corrected chi connectivity index (χ1v) is 10.8. The number of anilines is 1. The molecule has 31 heavy (non-hydrogen) atoms. The minimum absolute atomic E-state index is 0.0525. The SMILES string of the molecule is Cc1ccc(-c2ccnc3c2c(C)nn3CC(=O)N2CCCc3cc(C)ccc32)cc1. The maximum atomic E-state index is 13.3. The predicted octanol–water partition coefficient (Wildman–Crippen LogP) is 5.00. The Labute approximate surface area is 182 Å². The van der Waals surface area contributed by atoms with Gasteiger partial charge in [0.05, 0.1) is 5.69 Å². The van der Waals surface area contributed by atoms with Crippen molar-refractivity contribution in [1.29, 1.82) is 0 Å². The molecule has 156 valence electrons. The van der Waals surface area contributed by atoms with Crippen LogP contribution >= 0.6 is 0 Å². The lowest BCUT2D eigenvalue weighted by Gasteiger charge is -2.29. The highest BCUT2D eigenvalue weighted by Gasteiger charge is 2.24. The molecule has 2 aromatic heterocycles. The van der Waals surface area contributed by atoms with Crippen LogP contribution in [0, 0.1) is 20.8 Å². The summed E-state index contributed by atoms with van der Waals surface area (Å²) >= 11 is 0. The molecule has 5 nitrogen and oxygen atoms in total. The number of amides is 1. The third kappa shape index (κ3) is 3.50. The van der Waals surface area contributed by atoms with Crippen LogP contribution in [0.2, 0.25) is 0 Å². The maximum Gasteiger partial charge on any atom is 0.248 e. The molecule has 1 aliphatic heterocycles. The fourth-order valence-corrected chi connectivity index (χ4v) is 4.56. The van der Waals surface area contributed by atoms with Gasteiger partial charge in [0.1, 0.15) is 6.54 Å². The molecule has 0 fully saturated rings. The van der Waals surface area contributed by atoms with Crippen molar-refractivity contribution in [2.75, 3.05) is 11.4 Å². The van der Waals surface area contributed by atoms with Gasteiger partial charge >= 0.3 is 0 Å². The Morgan fingerprint density at radius 1 is 1.00 bits per heavy atom. The highest BCUT2D eigenvalue weighted by Crippen LogP contribution is 2.31. The van der Waals surface area contributed by atoms with E-state index in [9.17, 15) is 4.79 Å². The first-order valence-electron chi connectivity index (χ1n) is 10.8. The van der Waals surface area contributed by atoms with Crippen molar-refractivity contribution >= 4 is 22.6 Å². The van der Waals surface area contributed by atoms with E-state index in [0.717, 1.165) is 52.9 Å². The highest BCUT2D eigenvalue weighted by atomic mass is 16.2. The van der Waals surface area contributed by atoms with Gasteiger partial charge in [0.25, 0.3) is 0 Å². The molecule has 0 unspecified atom stereocenters. The molecule has 1 aliphatic rings. The monoisotopic (exact) mass is 410 g/mol. The normalized spacial score (nSPS) is 13.5. The van der Waals surface area contributed by atoms with E-state index in [1.807, 2.05) is 17.9 Å². The van der Waals surface area contributed by atoms with Crippen molar-refractivity contribution in [3.8, 4) is 11.1 Å².